The van der Waals surface area contributed by atoms with E-state index in [0.29, 0.717) is 11.1 Å². The van der Waals surface area contributed by atoms with E-state index in [1.807, 2.05) is 0 Å². The van der Waals surface area contributed by atoms with Gasteiger partial charge in [0, 0.05) is 6.07 Å². The van der Waals surface area contributed by atoms with Crippen molar-refractivity contribution < 1.29 is 17.9 Å². The van der Waals surface area contributed by atoms with Crippen LogP contribution >= 0.6 is 0 Å². The summed E-state index contributed by atoms with van der Waals surface area (Å²) in [6.07, 6.45) is 1.11. The molecule has 0 unspecified atom stereocenters. The Hall–Kier alpha value is -3.21. The van der Waals surface area contributed by atoms with Gasteiger partial charge in [0.25, 0.3) is 21.4 Å². The number of nitrogens with two attached hydrogens (primary N) is 1. The molecule has 0 atom stereocenters. The van der Waals surface area contributed by atoms with Crippen LogP contribution < -0.4 is 10.5 Å². The van der Waals surface area contributed by atoms with Crippen LogP contribution in [0, 0.1) is 17.0 Å². The molecule has 11 heteroatoms. The number of anilines is 2. The molecule has 3 N–H and O–H groups in total. The van der Waals surface area contributed by atoms with Crippen molar-refractivity contribution in [2.75, 3.05) is 10.5 Å². The zero-order chi connectivity index (χ0) is 17.5. The molecule has 2 heterocycles. The van der Waals surface area contributed by atoms with E-state index in [1.54, 1.807) is 6.92 Å². The van der Waals surface area contributed by atoms with Crippen LogP contribution in [0.4, 0.5) is 17.1 Å². The maximum absolute atomic E-state index is 12.4. The van der Waals surface area contributed by atoms with E-state index in [1.165, 1.54) is 18.2 Å². The molecule has 0 aliphatic heterocycles. The molecule has 0 saturated heterocycles. The van der Waals surface area contributed by atoms with Gasteiger partial charge in [0.05, 0.1) is 27.9 Å². The standard InChI is InChI=1S/C13H11N5O5S/c1-7-10-5-9(6-15-13(10)23-16-7)24(21,22)17-8-2-3-11(14)12(4-8)18(19)20/h2-6,17H,14H2,1H3. The van der Waals surface area contributed by atoms with Gasteiger partial charge < -0.3 is 10.3 Å². The van der Waals surface area contributed by atoms with Gasteiger partial charge in [-0.05, 0) is 25.1 Å². The Kier molecular flexibility index (Phi) is 3.56. The van der Waals surface area contributed by atoms with Crippen molar-refractivity contribution in [2.24, 2.45) is 0 Å². The van der Waals surface area contributed by atoms with Gasteiger partial charge in [-0.2, -0.15) is 0 Å². The smallest absolute Gasteiger partial charge is 0.294 e. The highest BCUT2D eigenvalue weighted by Crippen LogP contribution is 2.27. The quantitative estimate of drug-likeness (QED) is 0.410. The lowest BCUT2D eigenvalue weighted by atomic mass is 10.2. The first-order valence-corrected chi connectivity index (χ1v) is 8.05. The van der Waals surface area contributed by atoms with Gasteiger partial charge in [-0.15, -0.1) is 0 Å². The van der Waals surface area contributed by atoms with Crippen molar-refractivity contribution in [1.82, 2.24) is 10.1 Å². The van der Waals surface area contributed by atoms with Gasteiger partial charge in [0.15, 0.2) is 0 Å². The summed E-state index contributed by atoms with van der Waals surface area (Å²) >= 11 is 0. The molecule has 1 aromatic carbocycles. The molecule has 10 nitrogen and oxygen atoms in total. The van der Waals surface area contributed by atoms with Gasteiger partial charge >= 0.3 is 0 Å². The zero-order valence-corrected chi connectivity index (χ0v) is 13.1. The minimum Gasteiger partial charge on any atom is -0.393 e. The van der Waals surface area contributed by atoms with Crippen LogP contribution in [0.1, 0.15) is 5.69 Å². The predicted octanol–water partition coefficient (Wildman–Crippen LogP) is 1.82. The van der Waals surface area contributed by atoms with Gasteiger partial charge in [-0.3, -0.25) is 14.8 Å². The molecule has 0 radical (unpaired) electrons. The summed E-state index contributed by atoms with van der Waals surface area (Å²) in [5.41, 5.74) is 5.76. The van der Waals surface area contributed by atoms with E-state index < -0.39 is 20.6 Å². The summed E-state index contributed by atoms with van der Waals surface area (Å²) in [5, 5.41) is 15.0. The Balaban J connectivity index is 1.99. The number of nitro benzene ring substituents is 1. The van der Waals surface area contributed by atoms with E-state index in [-0.39, 0.29) is 22.0 Å². The molecule has 0 amide bonds. The molecule has 0 spiro atoms. The summed E-state index contributed by atoms with van der Waals surface area (Å²) in [6, 6.07) is 4.99. The average molecular weight is 349 g/mol. The van der Waals surface area contributed by atoms with Crippen LogP contribution in [0.5, 0.6) is 0 Å². The Labute approximate surface area is 135 Å². The molecule has 0 saturated carbocycles. The van der Waals surface area contributed by atoms with Crippen LogP contribution in [0.2, 0.25) is 0 Å². The Morgan fingerprint density at radius 1 is 1.33 bits per heavy atom. The first-order valence-electron chi connectivity index (χ1n) is 6.57. The number of benzene rings is 1. The second-order valence-corrected chi connectivity index (χ2v) is 6.61. The lowest BCUT2D eigenvalue weighted by molar-refractivity contribution is -0.383. The molecule has 3 aromatic rings. The van der Waals surface area contributed by atoms with Crippen LogP contribution in [0.15, 0.2) is 39.9 Å². The Bertz CT molecular complexity index is 1060. The number of nitrogen functional groups attached to an aromatic ring is 1. The Morgan fingerprint density at radius 2 is 2.08 bits per heavy atom. The van der Waals surface area contributed by atoms with E-state index in [4.69, 9.17) is 10.3 Å². The lowest BCUT2D eigenvalue weighted by Gasteiger charge is -2.08. The number of hydrogen-bond donors (Lipinski definition) is 2. The number of fused-ring (bicyclic) bond motifs is 1. The number of nitrogens with one attached hydrogen (secondary N) is 1. The summed E-state index contributed by atoms with van der Waals surface area (Å²) in [5.74, 6) is 0. The second kappa shape index (κ2) is 5.45. The molecular weight excluding hydrogens is 338 g/mol. The molecule has 3 rings (SSSR count). The third-order valence-electron chi connectivity index (χ3n) is 3.27. The van der Waals surface area contributed by atoms with E-state index >= 15 is 0 Å². The molecule has 124 valence electrons. The SMILES string of the molecule is Cc1noc2ncc(S(=O)(=O)Nc3ccc(N)c([N+](=O)[O-])c3)cc12. The molecular formula is C13H11N5O5S. The van der Waals surface area contributed by atoms with Crippen molar-refractivity contribution in [2.45, 2.75) is 11.8 Å². The molecule has 0 aliphatic carbocycles. The van der Waals surface area contributed by atoms with Crippen LogP contribution in [0.3, 0.4) is 0 Å². The average Bonchev–Trinajstić information content (AvgIpc) is 2.89. The number of nitrogens with zero attached hydrogens (tertiary/aromatic N) is 3. The number of aryl methyl sites for hydroxylation is 1. The largest absolute Gasteiger partial charge is 0.393 e. The highest BCUT2D eigenvalue weighted by Gasteiger charge is 2.20. The summed E-state index contributed by atoms with van der Waals surface area (Å²) in [7, 11) is -4.00. The maximum atomic E-state index is 12.4. The summed E-state index contributed by atoms with van der Waals surface area (Å²) in [6.45, 7) is 1.65. The first kappa shape index (κ1) is 15.7. The molecule has 0 fully saturated rings. The van der Waals surface area contributed by atoms with Crippen molar-refractivity contribution >= 4 is 38.2 Å². The highest BCUT2D eigenvalue weighted by atomic mass is 32.2. The second-order valence-electron chi connectivity index (χ2n) is 4.93. The Morgan fingerprint density at radius 3 is 2.79 bits per heavy atom. The van der Waals surface area contributed by atoms with Crippen LogP contribution in [-0.2, 0) is 10.0 Å². The predicted molar refractivity (Wildman–Crippen MR) is 84.9 cm³/mol. The molecule has 0 bridgehead atoms. The van der Waals surface area contributed by atoms with Gasteiger partial charge in [-0.25, -0.2) is 13.4 Å². The fraction of sp³-hybridized carbons (Fsp3) is 0.0769. The van der Waals surface area contributed by atoms with Gasteiger partial charge in [0.1, 0.15) is 10.6 Å². The molecule has 2 aromatic heterocycles. The normalized spacial score (nSPS) is 11.5. The first-order chi connectivity index (χ1) is 11.3. The van der Waals surface area contributed by atoms with E-state index in [0.717, 1.165) is 12.3 Å². The van der Waals surface area contributed by atoms with Gasteiger partial charge in [-0.1, -0.05) is 5.16 Å². The fourth-order valence-electron chi connectivity index (χ4n) is 2.05. The molecule has 0 aliphatic rings. The number of sulfonamides is 1. The maximum Gasteiger partial charge on any atom is 0.294 e. The molecule has 24 heavy (non-hydrogen) atoms. The number of aromatic nitrogens is 2. The minimum absolute atomic E-state index is 0.0121. The lowest BCUT2D eigenvalue weighted by Crippen LogP contribution is -2.13. The third-order valence-corrected chi connectivity index (χ3v) is 4.62. The van der Waals surface area contributed by atoms with Crippen LogP contribution in [-0.4, -0.2) is 23.5 Å². The topological polar surface area (TPSA) is 154 Å². The van der Waals surface area contributed by atoms with Crippen LogP contribution in [0.25, 0.3) is 11.1 Å². The number of hydrogen-bond acceptors (Lipinski definition) is 8. The van der Waals surface area contributed by atoms with Crippen molar-refractivity contribution in [3.63, 3.8) is 0 Å². The van der Waals surface area contributed by atoms with E-state index in [9.17, 15) is 18.5 Å². The van der Waals surface area contributed by atoms with E-state index in [2.05, 4.69) is 14.9 Å². The zero-order valence-electron chi connectivity index (χ0n) is 12.3. The summed E-state index contributed by atoms with van der Waals surface area (Å²) in [4.78, 5) is 14.0. The van der Waals surface area contributed by atoms with Crippen molar-refractivity contribution in [3.8, 4) is 0 Å². The van der Waals surface area contributed by atoms with Gasteiger partial charge in [0.2, 0.25) is 0 Å². The highest BCUT2D eigenvalue weighted by molar-refractivity contribution is 7.92. The monoisotopic (exact) mass is 349 g/mol. The van der Waals surface area contributed by atoms with Crippen molar-refractivity contribution in [3.05, 3.63) is 46.3 Å². The third kappa shape index (κ3) is 2.72. The number of pyridine rings is 1. The van der Waals surface area contributed by atoms with Crippen molar-refractivity contribution in [1.29, 1.82) is 0 Å². The number of rotatable bonds is 4. The fourth-order valence-corrected chi connectivity index (χ4v) is 3.07. The minimum atomic E-state index is -4.00. The summed E-state index contributed by atoms with van der Waals surface area (Å²) < 4.78 is 32.1. The number of nitro groups is 1.